The van der Waals surface area contributed by atoms with E-state index in [2.05, 4.69) is 59.7 Å². The molecule has 1 heterocycles. The molecule has 1 aliphatic heterocycles. The van der Waals surface area contributed by atoms with E-state index >= 15 is 0 Å². The van der Waals surface area contributed by atoms with Crippen molar-refractivity contribution in [3.8, 4) is 0 Å². The predicted octanol–water partition coefficient (Wildman–Crippen LogP) is 3.81. The minimum atomic E-state index is -0.227. The molecule has 1 aliphatic carbocycles. The number of carbonyl (C=O) groups is 1. The molecule has 110 valence electrons. The van der Waals surface area contributed by atoms with Gasteiger partial charge in [0.15, 0.2) is 0 Å². The highest BCUT2D eigenvalue weighted by Gasteiger charge is 2.37. The Balaban J connectivity index is 1.80. The quantitative estimate of drug-likeness (QED) is 0.852. The summed E-state index contributed by atoms with van der Waals surface area (Å²) >= 11 is 0. The average molecular weight is 290 g/mol. The molecular formula is C19H18N2O. The smallest absolute Gasteiger partial charge is 0.329 e. The number of carbonyl (C=O) groups excluding carboxylic acids is 1. The van der Waals surface area contributed by atoms with E-state index in [1.807, 2.05) is 6.07 Å². The van der Waals surface area contributed by atoms with Gasteiger partial charge in [-0.05, 0) is 36.5 Å². The maximum absolute atomic E-state index is 12.1. The lowest BCUT2D eigenvalue weighted by Gasteiger charge is -2.36. The van der Waals surface area contributed by atoms with Gasteiger partial charge in [0.05, 0.1) is 11.8 Å². The fraction of sp³-hybridized carbons (Fsp3) is 0.263. The number of aryl methyl sites for hydroxylation is 2. The lowest BCUT2D eigenvalue weighted by Crippen LogP contribution is -2.43. The summed E-state index contributed by atoms with van der Waals surface area (Å²) in [7, 11) is 0. The van der Waals surface area contributed by atoms with Gasteiger partial charge in [-0.2, -0.15) is 4.99 Å². The molecule has 1 N–H and O–H groups in total. The lowest BCUT2D eigenvalue weighted by atomic mass is 9.75. The molecule has 2 unspecified atom stereocenters. The Bertz CT molecular complexity index is 779. The molecule has 0 saturated carbocycles. The van der Waals surface area contributed by atoms with E-state index in [1.54, 1.807) is 0 Å². The fourth-order valence-electron chi connectivity index (χ4n) is 3.66. The van der Waals surface area contributed by atoms with E-state index in [0.717, 1.165) is 24.1 Å². The highest BCUT2D eigenvalue weighted by atomic mass is 16.2. The number of aliphatic imine (C=N–C) groups is 1. The molecule has 0 bridgehead atoms. The first kappa shape index (κ1) is 13.3. The molecule has 2 aromatic carbocycles. The minimum absolute atomic E-state index is 0.0215. The van der Waals surface area contributed by atoms with E-state index in [-0.39, 0.29) is 18.0 Å². The molecule has 2 aliphatic rings. The zero-order valence-electron chi connectivity index (χ0n) is 12.5. The zero-order valence-corrected chi connectivity index (χ0v) is 12.5. The predicted molar refractivity (Wildman–Crippen MR) is 87.2 cm³/mol. The number of fused-ring (bicyclic) bond motifs is 3. The first-order valence-electron chi connectivity index (χ1n) is 7.76. The number of urea groups is 1. The van der Waals surface area contributed by atoms with Gasteiger partial charge in [0, 0.05) is 5.92 Å². The summed E-state index contributed by atoms with van der Waals surface area (Å²) in [5.74, 6) is 0.259. The van der Waals surface area contributed by atoms with Crippen LogP contribution in [0.1, 0.15) is 34.7 Å². The Hall–Kier alpha value is -2.42. The fourth-order valence-corrected chi connectivity index (χ4v) is 3.66. The van der Waals surface area contributed by atoms with Crippen LogP contribution in [-0.4, -0.2) is 11.7 Å². The second-order valence-electron chi connectivity index (χ2n) is 6.14. The number of hydrogen-bond donors (Lipinski definition) is 1. The number of rotatable bonds is 1. The van der Waals surface area contributed by atoms with Gasteiger partial charge < -0.3 is 5.32 Å². The Labute approximate surface area is 130 Å². The molecule has 2 aromatic rings. The molecule has 22 heavy (non-hydrogen) atoms. The first-order chi connectivity index (χ1) is 10.7. The van der Waals surface area contributed by atoms with Crippen LogP contribution in [0.5, 0.6) is 0 Å². The molecule has 0 radical (unpaired) electrons. The van der Waals surface area contributed by atoms with Crippen molar-refractivity contribution in [1.82, 2.24) is 5.32 Å². The van der Waals surface area contributed by atoms with Gasteiger partial charge in [-0.3, -0.25) is 0 Å². The molecule has 2 atom stereocenters. The number of amides is 2. The molecule has 0 aromatic heterocycles. The topological polar surface area (TPSA) is 41.5 Å². The van der Waals surface area contributed by atoms with Crippen molar-refractivity contribution in [2.45, 2.75) is 25.8 Å². The second kappa shape index (κ2) is 5.09. The van der Waals surface area contributed by atoms with Crippen LogP contribution in [0.25, 0.3) is 0 Å². The van der Waals surface area contributed by atoms with Crippen molar-refractivity contribution >= 4 is 11.7 Å². The van der Waals surface area contributed by atoms with Crippen molar-refractivity contribution < 1.29 is 4.79 Å². The molecule has 3 nitrogen and oxygen atoms in total. The summed E-state index contributed by atoms with van der Waals surface area (Å²) in [6, 6.07) is 16.5. The van der Waals surface area contributed by atoms with E-state index in [9.17, 15) is 4.79 Å². The lowest BCUT2D eigenvalue weighted by molar-refractivity contribution is 0.239. The molecular weight excluding hydrogens is 272 g/mol. The summed E-state index contributed by atoms with van der Waals surface area (Å²) in [6.07, 6.45) is 2.06. The highest BCUT2D eigenvalue weighted by molar-refractivity contribution is 6.11. The van der Waals surface area contributed by atoms with Crippen LogP contribution >= 0.6 is 0 Å². The number of nitrogens with one attached hydrogen (secondary N) is 1. The molecule has 3 heteroatoms. The van der Waals surface area contributed by atoms with E-state index in [1.165, 1.54) is 16.7 Å². The van der Waals surface area contributed by atoms with Crippen LogP contribution in [0.15, 0.2) is 53.5 Å². The summed E-state index contributed by atoms with van der Waals surface area (Å²) in [6.45, 7) is 2.08. The van der Waals surface area contributed by atoms with Gasteiger partial charge in [-0.15, -0.1) is 0 Å². The summed E-state index contributed by atoms with van der Waals surface area (Å²) in [4.78, 5) is 16.4. The molecule has 4 rings (SSSR count). The number of benzene rings is 2. The molecule has 2 amide bonds. The second-order valence-corrected chi connectivity index (χ2v) is 6.14. The largest absolute Gasteiger partial charge is 0.341 e. The van der Waals surface area contributed by atoms with E-state index < -0.39 is 0 Å². The van der Waals surface area contributed by atoms with Crippen molar-refractivity contribution in [2.75, 3.05) is 0 Å². The third-order valence-electron chi connectivity index (χ3n) is 4.67. The number of nitrogens with zero attached hydrogens (tertiary/aromatic N) is 1. The minimum Gasteiger partial charge on any atom is -0.329 e. The van der Waals surface area contributed by atoms with Crippen LogP contribution in [-0.2, 0) is 6.42 Å². The Morgan fingerprint density at radius 3 is 2.86 bits per heavy atom. The van der Waals surface area contributed by atoms with Gasteiger partial charge in [0.1, 0.15) is 0 Å². The van der Waals surface area contributed by atoms with Gasteiger partial charge in [0.25, 0.3) is 0 Å². The van der Waals surface area contributed by atoms with Crippen molar-refractivity contribution in [2.24, 2.45) is 10.9 Å². The maximum Gasteiger partial charge on any atom is 0.341 e. The van der Waals surface area contributed by atoms with Crippen molar-refractivity contribution in [3.05, 3.63) is 70.8 Å². The van der Waals surface area contributed by atoms with Crippen LogP contribution in [0.2, 0.25) is 0 Å². The van der Waals surface area contributed by atoms with Crippen LogP contribution in [0, 0.1) is 12.8 Å². The highest BCUT2D eigenvalue weighted by Crippen LogP contribution is 2.37. The Morgan fingerprint density at radius 1 is 1.14 bits per heavy atom. The van der Waals surface area contributed by atoms with Gasteiger partial charge in [-0.1, -0.05) is 54.1 Å². The first-order valence-corrected chi connectivity index (χ1v) is 7.76. The van der Waals surface area contributed by atoms with Crippen molar-refractivity contribution in [1.29, 1.82) is 0 Å². The van der Waals surface area contributed by atoms with E-state index in [0.29, 0.717) is 0 Å². The Kier molecular flexibility index (Phi) is 3.07. The molecule has 0 spiro atoms. The number of hydrogen-bond acceptors (Lipinski definition) is 1. The summed E-state index contributed by atoms with van der Waals surface area (Å²) in [5, 5.41) is 3.06. The van der Waals surface area contributed by atoms with Crippen LogP contribution < -0.4 is 5.32 Å². The zero-order chi connectivity index (χ0) is 15.1. The normalized spacial score (nSPS) is 23.1. The average Bonchev–Trinajstić information content (AvgIpc) is 2.54. The van der Waals surface area contributed by atoms with Crippen LogP contribution in [0.4, 0.5) is 4.79 Å². The third kappa shape index (κ3) is 2.13. The standard InChI is InChI=1S/C19H18N2O/c1-12-5-4-7-14(11-12)17-16-10-9-13-6-2-3-8-15(13)18(16)21-19(22)20-17/h2-8,11,16-17H,9-10H2,1H3,(H,20,22). The van der Waals surface area contributed by atoms with E-state index in [4.69, 9.17) is 0 Å². The Morgan fingerprint density at radius 2 is 2.00 bits per heavy atom. The van der Waals surface area contributed by atoms with Gasteiger partial charge >= 0.3 is 6.03 Å². The van der Waals surface area contributed by atoms with Gasteiger partial charge in [0.2, 0.25) is 0 Å². The maximum atomic E-state index is 12.1. The SMILES string of the molecule is Cc1cccc(C2NC(=O)N=C3c4ccccc4CCC32)c1. The summed E-state index contributed by atoms with van der Waals surface area (Å²) < 4.78 is 0. The third-order valence-corrected chi connectivity index (χ3v) is 4.67. The summed E-state index contributed by atoms with van der Waals surface area (Å²) in [5.41, 5.74) is 5.79. The van der Waals surface area contributed by atoms with Crippen molar-refractivity contribution in [3.63, 3.8) is 0 Å². The monoisotopic (exact) mass is 290 g/mol. The van der Waals surface area contributed by atoms with Gasteiger partial charge in [-0.25, -0.2) is 4.79 Å². The van der Waals surface area contributed by atoms with Crippen LogP contribution in [0.3, 0.4) is 0 Å². The molecule has 0 fully saturated rings. The molecule has 0 saturated heterocycles.